The van der Waals surface area contributed by atoms with Gasteiger partial charge in [0.25, 0.3) is 0 Å². The van der Waals surface area contributed by atoms with Gasteiger partial charge in [0.2, 0.25) is 5.75 Å². The Bertz CT molecular complexity index is 302. The van der Waals surface area contributed by atoms with Crippen LogP contribution in [0.15, 0.2) is 18.2 Å². The topological polar surface area (TPSA) is 35.5 Å². The molecule has 1 aromatic carbocycles. The summed E-state index contributed by atoms with van der Waals surface area (Å²) < 4.78 is 10.5. The van der Waals surface area contributed by atoms with Gasteiger partial charge in [-0.3, -0.25) is 4.79 Å². The van der Waals surface area contributed by atoms with E-state index in [2.05, 4.69) is 25.4 Å². The van der Waals surface area contributed by atoms with Crippen molar-refractivity contribution in [1.29, 1.82) is 0 Å². The molecule has 1 rings (SSSR count). The zero-order chi connectivity index (χ0) is 12.6. The highest BCUT2D eigenvalue weighted by Crippen LogP contribution is 2.34. The molecule has 0 aliphatic heterocycles. The molecule has 90 valence electrons. The third-order valence-corrected chi connectivity index (χ3v) is 2.04. The van der Waals surface area contributed by atoms with E-state index in [9.17, 15) is 0 Å². The molecule has 0 heterocycles. The van der Waals surface area contributed by atoms with Gasteiger partial charge >= 0.3 is 0 Å². The highest BCUT2D eigenvalue weighted by atomic mass is 35.5. The van der Waals surface area contributed by atoms with Crippen molar-refractivity contribution in [2.45, 2.75) is 19.8 Å². The van der Waals surface area contributed by atoms with E-state index in [-0.39, 0.29) is 5.75 Å². The number of ether oxygens (including phenoxy) is 2. The summed E-state index contributed by atoms with van der Waals surface area (Å²) in [4.78, 5) is 8.57. The molecule has 0 aliphatic rings. The van der Waals surface area contributed by atoms with Crippen LogP contribution in [0.4, 0.5) is 0 Å². The van der Waals surface area contributed by atoms with Crippen LogP contribution in [0.1, 0.15) is 25.3 Å². The van der Waals surface area contributed by atoms with Crippen molar-refractivity contribution in [3.63, 3.8) is 0 Å². The number of hydrogen-bond donors (Lipinski definition) is 0. The van der Waals surface area contributed by atoms with Crippen molar-refractivity contribution in [3.8, 4) is 11.5 Å². The van der Waals surface area contributed by atoms with Gasteiger partial charge < -0.3 is 9.47 Å². The molecule has 0 atom stereocenters. The first-order valence-corrected chi connectivity index (χ1v) is 5.30. The second-order valence-corrected chi connectivity index (χ2v) is 3.50. The average Bonchev–Trinajstić information content (AvgIpc) is 2.28. The van der Waals surface area contributed by atoms with Crippen LogP contribution in [0.25, 0.3) is 0 Å². The summed E-state index contributed by atoms with van der Waals surface area (Å²) in [5, 5.41) is 0. The third kappa shape index (κ3) is 4.11. The van der Waals surface area contributed by atoms with E-state index in [1.165, 1.54) is 0 Å². The number of halogens is 1. The highest BCUT2D eigenvalue weighted by molar-refractivity contribution is 6.54. The summed E-state index contributed by atoms with van der Waals surface area (Å²) in [7, 11) is 3.36. The van der Waals surface area contributed by atoms with Gasteiger partial charge in [0.15, 0.2) is 0 Å². The number of carbonyl (C=O) groups excluding carboxylic acids is 1. The zero-order valence-electron chi connectivity index (χ0n) is 9.99. The molecule has 0 fully saturated rings. The first-order chi connectivity index (χ1) is 7.62. The second kappa shape index (κ2) is 7.99. The van der Waals surface area contributed by atoms with Crippen molar-refractivity contribution in [2.75, 3.05) is 14.2 Å². The maximum atomic E-state index is 8.57. The van der Waals surface area contributed by atoms with Gasteiger partial charge in [0.1, 0.15) is 11.5 Å². The average molecular weight is 245 g/mol. The predicted octanol–water partition coefficient (Wildman–Crippen LogP) is 3.24. The lowest BCUT2D eigenvalue weighted by molar-refractivity contribution is 0.382. The van der Waals surface area contributed by atoms with E-state index < -0.39 is 0 Å². The second-order valence-electron chi connectivity index (χ2n) is 3.32. The molecule has 3 nitrogen and oxygen atoms in total. The molecule has 0 aliphatic carbocycles. The van der Waals surface area contributed by atoms with E-state index in [1.54, 1.807) is 14.2 Å². The van der Waals surface area contributed by atoms with Gasteiger partial charge in [-0.25, -0.2) is 0 Å². The van der Waals surface area contributed by atoms with E-state index in [4.69, 9.17) is 14.3 Å². The fraction of sp³-hybridized carbons (Fsp3) is 0.417. The summed E-state index contributed by atoms with van der Waals surface area (Å²) in [5.41, 5.74) is 1.13. The van der Waals surface area contributed by atoms with Crippen molar-refractivity contribution in [2.24, 2.45) is 0 Å². The van der Waals surface area contributed by atoms with Crippen LogP contribution in [-0.4, -0.2) is 20.0 Å². The maximum absolute atomic E-state index is 8.57. The zero-order valence-corrected chi connectivity index (χ0v) is 10.7. The molecule has 0 unspecified atom stereocenters. The van der Waals surface area contributed by atoms with Crippen LogP contribution >= 0.6 is 11.6 Å². The summed E-state index contributed by atoms with van der Waals surface area (Å²) in [5.74, 6) is 2.43. The lowest BCUT2D eigenvalue weighted by Gasteiger charge is -2.15. The standard InChI is InChI=1S/C11H16O2.CHClO/c1-8(2)11-9(12-3)6-5-7-10(11)13-4;2-1-3/h5-8H,1-4H3;1H. The van der Waals surface area contributed by atoms with Gasteiger partial charge in [-0.05, 0) is 29.7 Å². The van der Waals surface area contributed by atoms with Gasteiger partial charge in [-0.1, -0.05) is 19.9 Å². The number of benzene rings is 1. The summed E-state index contributed by atoms with van der Waals surface area (Å²) in [6, 6.07) is 5.85. The van der Waals surface area contributed by atoms with Crippen LogP contribution in [0, 0.1) is 0 Å². The monoisotopic (exact) mass is 244 g/mol. The van der Waals surface area contributed by atoms with Crippen LogP contribution < -0.4 is 9.47 Å². The normalized spacial score (nSPS) is 9.12. The molecular weight excluding hydrogens is 228 g/mol. The van der Waals surface area contributed by atoms with Crippen molar-refractivity contribution < 1.29 is 14.3 Å². The highest BCUT2D eigenvalue weighted by Gasteiger charge is 2.12. The van der Waals surface area contributed by atoms with E-state index in [0.29, 0.717) is 5.92 Å². The molecule has 0 saturated heterocycles. The predicted molar refractivity (Wildman–Crippen MR) is 66.2 cm³/mol. The molecule has 0 N–H and O–H groups in total. The Labute approximate surface area is 101 Å². The molecule has 0 bridgehead atoms. The maximum Gasteiger partial charge on any atom is 0.208 e. The number of rotatable bonds is 3. The Balaban J connectivity index is 0.000000673. The van der Waals surface area contributed by atoms with Crippen LogP contribution in [0.5, 0.6) is 11.5 Å². The van der Waals surface area contributed by atoms with Gasteiger partial charge in [-0.2, -0.15) is 0 Å². The summed E-state index contributed by atoms with van der Waals surface area (Å²) in [6.45, 7) is 4.25. The number of hydrogen-bond acceptors (Lipinski definition) is 3. The van der Waals surface area contributed by atoms with E-state index >= 15 is 0 Å². The molecule has 0 amide bonds. The Kier molecular flexibility index (Phi) is 7.38. The molecule has 1 aromatic rings. The first-order valence-electron chi connectivity index (χ1n) is 4.87. The Hall–Kier alpha value is -1.22. The molecule has 4 heteroatoms. The van der Waals surface area contributed by atoms with Crippen molar-refractivity contribution in [1.82, 2.24) is 0 Å². The molecule has 0 saturated carbocycles. The van der Waals surface area contributed by atoms with E-state index in [0.717, 1.165) is 17.1 Å². The van der Waals surface area contributed by atoms with Crippen LogP contribution in [0.3, 0.4) is 0 Å². The Morgan fingerprint density at radius 1 is 1.19 bits per heavy atom. The summed E-state index contributed by atoms with van der Waals surface area (Å²) >= 11 is 4.32. The lowest BCUT2D eigenvalue weighted by Crippen LogP contribution is -1.98. The molecular formula is C12H17ClO3. The molecule has 0 spiro atoms. The largest absolute Gasteiger partial charge is 0.496 e. The fourth-order valence-corrected chi connectivity index (χ4v) is 1.45. The van der Waals surface area contributed by atoms with Crippen LogP contribution in [-0.2, 0) is 4.79 Å². The minimum atomic E-state index is 0.222. The molecule has 0 aromatic heterocycles. The SMILES string of the molecule is COc1cccc(OC)c1C(C)C.O=CCl. The minimum absolute atomic E-state index is 0.222. The minimum Gasteiger partial charge on any atom is -0.496 e. The number of methoxy groups -OCH3 is 2. The van der Waals surface area contributed by atoms with Crippen molar-refractivity contribution in [3.05, 3.63) is 23.8 Å². The summed E-state index contributed by atoms with van der Waals surface area (Å²) in [6.07, 6.45) is 0. The van der Waals surface area contributed by atoms with Crippen molar-refractivity contribution >= 4 is 17.3 Å². The fourth-order valence-electron chi connectivity index (χ4n) is 1.45. The van der Waals surface area contributed by atoms with E-state index in [1.807, 2.05) is 18.2 Å². The third-order valence-electron chi connectivity index (χ3n) is 2.04. The number of carbonyl (C=O) groups is 1. The lowest BCUT2D eigenvalue weighted by atomic mass is 10.0. The van der Waals surface area contributed by atoms with Gasteiger partial charge in [0.05, 0.1) is 14.2 Å². The first kappa shape index (κ1) is 14.8. The van der Waals surface area contributed by atoms with Gasteiger partial charge in [-0.15, -0.1) is 0 Å². The quantitative estimate of drug-likeness (QED) is 0.605. The smallest absolute Gasteiger partial charge is 0.208 e. The van der Waals surface area contributed by atoms with Gasteiger partial charge in [0, 0.05) is 5.56 Å². The molecule has 16 heavy (non-hydrogen) atoms. The molecule has 0 radical (unpaired) electrons. The van der Waals surface area contributed by atoms with Crippen LogP contribution in [0.2, 0.25) is 0 Å². The Morgan fingerprint density at radius 2 is 1.56 bits per heavy atom. The Morgan fingerprint density at radius 3 is 1.81 bits per heavy atom.